The second-order valence-electron chi connectivity index (χ2n) is 9.51. The fourth-order valence-corrected chi connectivity index (χ4v) is 6.12. The number of para-hydroxylation sites is 1. The standard InChI is InChI=1S/C29H29ClN4O4S/c1-32-20-28(31-21-32)39(36,37)34(18-22-9-13-24(30)14-10-22)25-15-11-23(12-16-25)29(35)33-17-5-8-27(19-33)38-26-6-3-2-4-7-26/h2-4,6-7,9-16,20-21,27H,5,8,17-19H2,1H3. The highest BCUT2D eigenvalue weighted by atomic mass is 35.5. The number of amides is 1. The molecule has 1 aliphatic rings. The van der Waals surface area contributed by atoms with Gasteiger partial charge in [0.25, 0.3) is 15.9 Å². The third-order valence-electron chi connectivity index (χ3n) is 6.59. The number of aryl methyl sites for hydroxylation is 1. The molecule has 1 fully saturated rings. The van der Waals surface area contributed by atoms with E-state index in [1.54, 1.807) is 65.0 Å². The highest BCUT2D eigenvalue weighted by molar-refractivity contribution is 7.92. The van der Waals surface area contributed by atoms with E-state index >= 15 is 0 Å². The van der Waals surface area contributed by atoms with Gasteiger partial charge in [0.2, 0.25) is 0 Å². The number of imidazole rings is 1. The molecule has 10 heteroatoms. The molecule has 1 unspecified atom stereocenters. The minimum absolute atomic E-state index is 0.0584. The molecule has 39 heavy (non-hydrogen) atoms. The number of rotatable bonds is 8. The SMILES string of the molecule is Cn1cnc(S(=O)(=O)N(Cc2ccc(Cl)cc2)c2ccc(C(=O)N3CCCC(Oc4ccccc4)C3)cc2)c1. The van der Waals surface area contributed by atoms with Crippen molar-refractivity contribution in [2.45, 2.75) is 30.5 Å². The molecule has 4 aromatic rings. The molecule has 0 spiro atoms. The molecular weight excluding hydrogens is 536 g/mol. The lowest BCUT2D eigenvalue weighted by Gasteiger charge is -2.33. The lowest BCUT2D eigenvalue weighted by Crippen LogP contribution is -2.44. The summed E-state index contributed by atoms with van der Waals surface area (Å²) in [5.74, 6) is 0.677. The first kappa shape index (κ1) is 26.8. The van der Waals surface area contributed by atoms with Gasteiger partial charge in [0.05, 0.1) is 25.1 Å². The average molecular weight is 565 g/mol. The number of piperidine rings is 1. The normalized spacial score (nSPS) is 15.6. The number of carbonyl (C=O) groups excluding carboxylic acids is 1. The molecule has 1 aliphatic heterocycles. The molecule has 0 radical (unpaired) electrons. The topological polar surface area (TPSA) is 84.7 Å². The molecule has 1 amide bonds. The first-order chi connectivity index (χ1) is 18.8. The van der Waals surface area contributed by atoms with Crippen LogP contribution in [0.25, 0.3) is 0 Å². The molecule has 0 saturated carbocycles. The Bertz CT molecular complexity index is 1520. The van der Waals surface area contributed by atoms with Gasteiger partial charge in [-0.05, 0) is 66.9 Å². The first-order valence-corrected chi connectivity index (χ1v) is 14.5. The number of likely N-dealkylation sites (tertiary alicyclic amines) is 1. The summed E-state index contributed by atoms with van der Waals surface area (Å²) >= 11 is 6.03. The van der Waals surface area contributed by atoms with Crippen molar-refractivity contribution in [2.24, 2.45) is 7.05 Å². The largest absolute Gasteiger partial charge is 0.489 e. The Morgan fingerprint density at radius 3 is 2.44 bits per heavy atom. The van der Waals surface area contributed by atoms with Crippen LogP contribution in [0.5, 0.6) is 5.75 Å². The maximum atomic E-state index is 13.6. The predicted octanol–water partition coefficient (Wildman–Crippen LogP) is 5.15. The molecule has 1 atom stereocenters. The molecule has 0 N–H and O–H groups in total. The third kappa shape index (κ3) is 6.26. The number of hydrogen-bond donors (Lipinski definition) is 0. The van der Waals surface area contributed by atoms with E-state index in [1.165, 1.54) is 16.8 Å². The van der Waals surface area contributed by atoms with Crippen molar-refractivity contribution in [3.63, 3.8) is 0 Å². The van der Waals surface area contributed by atoms with Crippen LogP contribution in [-0.2, 0) is 23.6 Å². The van der Waals surface area contributed by atoms with E-state index < -0.39 is 10.0 Å². The van der Waals surface area contributed by atoms with Gasteiger partial charge in [0.1, 0.15) is 11.9 Å². The van der Waals surface area contributed by atoms with E-state index in [0.717, 1.165) is 24.2 Å². The number of carbonyl (C=O) groups is 1. The monoisotopic (exact) mass is 564 g/mol. The van der Waals surface area contributed by atoms with Crippen LogP contribution in [0.3, 0.4) is 0 Å². The number of nitrogens with zero attached hydrogens (tertiary/aromatic N) is 4. The van der Waals surface area contributed by atoms with Gasteiger partial charge < -0.3 is 14.2 Å². The number of aromatic nitrogens is 2. The highest BCUT2D eigenvalue weighted by Gasteiger charge is 2.29. The van der Waals surface area contributed by atoms with Gasteiger partial charge in [-0.15, -0.1) is 0 Å². The van der Waals surface area contributed by atoms with E-state index in [2.05, 4.69) is 4.98 Å². The quantitative estimate of drug-likeness (QED) is 0.295. The van der Waals surface area contributed by atoms with Crippen molar-refractivity contribution in [1.82, 2.24) is 14.5 Å². The minimum atomic E-state index is -3.98. The van der Waals surface area contributed by atoms with Crippen molar-refractivity contribution < 1.29 is 17.9 Å². The summed E-state index contributed by atoms with van der Waals surface area (Å²) in [7, 11) is -2.26. The van der Waals surface area contributed by atoms with Crippen LogP contribution >= 0.6 is 11.6 Å². The van der Waals surface area contributed by atoms with Gasteiger partial charge in [-0.1, -0.05) is 41.9 Å². The molecule has 8 nitrogen and oxygen atoms in total. The van der Waals surface area contributed by atoms with E-state index in [4.69, 9.17) is 16.3 Å². The number of halogens is 1. The maximum absolute atomic E-state index is 13.6. The molecule has 0 bridgehead atoms. The van der Waals surface area contributed by atoms with Gasteiger partial charge in [0.15, 0.2) is 5.03 Å². The molecule has 3 aromatic carbocycles. The summed E-state index contributed by atoms with van der Waals surface area (Å²) < 4.78 is 36.2. The van der Waals surface area contributed by atoms with Crippen LogP contribution in [0, 0.1) is 0 Å². The van der Waals surface area contributed by atoms with Crippen LogP contribution in [0.15, 0.2) is 96.4 Å². The van der Waals surface area contributed by atoms with E-state index in [0.29, 0.717) is 29.4 Å². The Morgan fingerprint density at radius 2 is 1.77 bits per heavy atom. The summed E-state index contributed by atoms with van der Waals surface area (Å²) in [6.07, 6.45) is 4.55. The number of benzene rings is 3. The van der Waals surface area contributed by atoms with Gasteiger partial charge in [-0.2, -0.15) is 8.42 Å². The fraction of sp³-hybridized carbons (Fsp3) is 0.241. The van der Waals surface area contributed by atoms with Crippen LogP contribution in [0.1, 0.15) is 28.8 Å². The van der Waals surface area contributed by atoms with Gasteiger partial charge in [-0.25, -0.2) is 4.98 Å². The molecular formula is C29H29ClN4O4S. The molecule has 2 heterocycles. The molecule has 202 valence electrons. The summed E-state index contributed by atoms with van der Waals surface area (Å²) in [4.78, 5) is 19.2. The minimum Gasteiger partial charge on any atom is -0.489 e. The van der Waals surface area contributed by atoms with E-state index in [-0.39, 0.29) is 23.6 Å². The fourth-order valence-electron chi connectivity index (χ4n) is 4.57. The zero-order valence-corrected chi connectivity index (χ0v) is 23.1. The summed E-state index contributed by atoms with van der Waals surface area (Å²) in [6, 6.07) is 23.3. The van der Waals surface area contributed by atoms with Crippen molar-refractivity contribution in [1.29, 1.82) is 0 Å². The third-order valence-corrected chi connectivity index (χ3v) is 8.50. The van der Waals surface area contributed by atoms with Crippen molar-refractivity contribution in [3.05, 3.63) is 108 Å². The molecule has 1 aromatic heterocycles. The Labute approximate surface area is 233 Å². The first-order valence-electron chi connectivity index (χ1n) is 12.7. The van der Waals surface area contributed by atoms with Crippen molar-refractivity contribution in [3.8, 4) is 5.75 Å². The number of ether oxygens (including phenoxy) is 1. The van der Waals surface area contributed by atoms with Crippen LogP contribution in [0.4, 0.5) is 5.69 Å². The predicted molar refractivity (Wildman–Crippen MR) is 150 cm³/mol. The smallest absolute Gasteiger partial charge is 0.283 e. The van der Waals surface area contributed by atoms with Gasteiger partial charge in [0, 0.05) is 30.4 Å². The van der Waals surface area contributed by atoms with Crippen molar-refractivity contribution >= 4 is 33.2 Å². The Hall–Kier alpha value is -3.82. The highest BCUT2D eigenvalue weighted by Crippen LogP contribution is 2.27. The summed E-state index contributed by atoms with van der Waals surface area (Å²) in [5.41, 5.74) is 1.67. The number of hydrogen-bond acceptors (Lipinski definition) is 5. The second-order valence-corrected chi connectivity index (χ2v) is 11.8. The van der Waals surface area contributed by atoms with Crippen LogP contribution in [0.2, 0.25) is 5.02 Å². The molecule has 5 rings (SSSR count). The van der Waals surface area contributed by atoms with Gasteiger partial charge >= 0.3 is 0 Å². The zero-order chi connectivity index (χ0) is 27.4. The van der Waals surface area contributed by atoms with E-state index in [1.807, 2.05) is 30.3 Å². The number of sulfonamides is 1. The number of anilines is 1. The Morgan fingerprint density at radius 1 is 1.05 bits per heavy atom. The van der Waals surface area contributed by atoms with E-state index in [9.17, 15) is 13.2 Å². The maximum Gasteiger partial charge on any atom is 0.283 e. The zero-order valence-electron chi connectivity index (χ0n) is 21.5. The van der Waals surface area contributed by atoms with Crippen LogP contribution in [-0.4, -0.2) is 48.0 Å². The summed E-state index contributed by atoms with van der Waals surface area (Å²) in [6.45, 7) is 1.21. The van der Waals surface area contributed by atoms with Crippen molar-refractivity contribution in [2.75, 3.05) is 17.4 Å². The Kier molecular flexibility index (Phi) is 7.90. The Balaban J connectivity index is 1.36. The van der Waals surface area contributed by atoms with Crippen LogP contribution < -0.4 is 9.04 Å². The summed E-state index contributed by atoms with van der Waals surface area (Å²) in [5, 5.41) is 0.506. The van der Waals surface area contributed by atoms with Gasteiger partial charge in [-0.3, -0.25) is 9.10 Å². The molecule has 0 aliphatic carbocycles. The second kappa shape index (κ2) is 11.5. The molecule has 1 saturated heterocycles. The average Bonchev–Trinajstić information content (AvgIpc) is 3.40. The lowest BCUT2D eigenvalue weighted by molar-refractivity contribution is 0.0538. The lowest BCUT2D eigenvalue weighted by atomic mass is 10.1.